The Labute approximate surface area is 164 Å². The first-order valence-corrected chi connectivity index (χ1v) is 10.3. The lowest BCUT2D eigenvalue weighted by Gasteiger charge is -2.22. The van der Waals surface area contributed by atoms with Crippen molar-refractivity contribution in [2.45, 2.75) is 66.7 Å². The second-order valence-corrected chi connectivity index (χ2v) is 7.63. The third-order valence-corrected chi connectivity index (χ3v) is 4.56. The van der Waals surface area contributed by atoms with Gasteiger partial charge in [0.05, 0.1) is 11.0 Å². The molecule has 4 rings (SSSR count). The Hall–Kier alpha value is -2.35. The van der Waals surface area contributed by atoms with Crippen LogP contribution in [-0.2, 0) is 5.41 Å². The first-order valence-electron chi connectivity index (χ1n) is 10.3. The largest absolute Gasteiger partial charge is 0.296 e. The maximum absolute atomic E-state index is 4.88. The summed E-state index contributed by atoms with van der Waals surface area (Å²) in [6.07, 6.45) is 2.64. The molecule has 0 saturated carbocycles. The van der Waals surface area contributed by atoms with E-state index in [9.17, 15) is 0 Å². The number of rotatable bonds is 1. The van der Waals surface area contributed by atoms with Crippen LogP contribution in [0.15, 0.2) is 54.6 Å². The Morgan fingerprint density at radius 2 is 1.44 bits per heavy atom. The van der Waals surface area contributed by atoms with Gasteiger partial charge in [0.2, 0.25) is 0 Å². The highest BCUT2D eigenvalue weighted by atomic mass is 15.0. The minimum atomic E-state index is 0.0613. The van der Waals surface area contributed by atoms with E-state index in [2.05, 4.69) is 87.6 Å². The lowest BCUT2D eigenvalue weighted by atomic mass is 9.90. The van der Waals surface area contributed by atoms with Crippen molar-refractivity contribution in [1.29, 1.82) is 0 Å². The van der Waals surface area contributed by atoms with Crippen LogP contribution in [0.2, 0.25) is 0 Å². The van der Waals surface area contributed by atoms with Crippen molar-refractivity contribution in [2.75, 3.05) is 0 Å². The van der Waals surface area contributed by atoms with Crippen molar-refractivity contribution < 1.29 is 0 Å². The number of benzene rings is 2. The summed E-state index contributed by atoms with van der Waals surface area (Å²) in [5.41, 5.74) is 4.65. The Balaban J connectivity index is 0.000000389. The quantitative estimate of drug-likeness (QED) is 0.338. The maximum atomic E-state index is 4.88. The SMILES string of the molecule is CC.CC(C)(C)c1cc2ccccc2c2nc3ccccc3n12.CCCC. The number of para-hydroxylation sites is 2. The van der Waals surface area contributed by atoms with E-state index in [1.807, 2.05) is 19.9 Å². The van der Waals surface area contributed by atoms with E-state index in [0.29, 0.717) is 0 Å². The van der Waals surface area contributed by atoms with E-state index in [-0.39, 0.29) is 5.41 Å². The number of imidazole rings is 1. The van der Waals surface area contributed by atoms with Crippen LogP contribution in [0.4, 0.5) is 0 Å². The zero-order chi connectivity index (χ0) is 20.0. The van der Waals surface area contributed by atoms with Gasteiger partial charge in [-0.05, 0) is 23.6 Å². The molecule has 2 nitrogen and oxygen atoms in total. The molecule has 27 heavy (non-hydrogen) atoms. The van der Waals surface area contributed by atoms with Gasteiger partial charge in [0.15, 0.2) is 0 Å². The van der Waals surface area contributed by atoms with Gasteiger partial charge in [0, 0.05) is 16.5 Å². The fraction of sp³-hybridized carbons (Fsp3) is 0.400. The molecule has 4 aromatic rings. The molecular weight excluding hydrogens is 328 g/mol. The molecule has 2 aromatic heterocycles. The summed E-state index contributed by atoms with van der Waals surface area (Å²) in [6, 6.07) is 19.2. The minimum Gasteiger partial charge on any atom is -0.296 e. The molecule has 0 fully saturated rings. The second-order valence-electron chi connectivity index (χ2n) is 7.63. The zero-order valence-electron chi connectivity index (χ0n) is 18.0. The van der Waals surface area contributed by atoms with Crippen LogP contribution in [0.1, 0.15) is 67.0 Å². The molecule has 0 aliphatic heterocycles. The molecule has 0 aliphatic carbocycles. The molecule has 0 saturated heterocycles. The zero-order valence-corrected chi connectivity index (χ0v) is 18.0. The van der Waals surface area contributed by atoms with Crippen LogP contribution < -0.4 is 0 Å². The van der Waals surface area contributed by atoms with E-state index in [0.717, 1.165) is 11.2 Å². The fourth-order valence-corrected chi connectivity index (χ4v) is 3.04. The highest BCUT2D eigenvalue weighted by Gasteiger charge is 2.21. The molecule has 0 bridgehead atoms. The van der Waals surface area contributed by atoms with Crippen molar-refractivity contribution in [2.24, 2.45) is 0 Å². The van der Waals surface area contributed by atoms with Crippen molar-refractivity contribution in [3.63, 3.8) is 0 Å². The van der Waals surface area contributed by atoms with Gasteiger partial charge in [-0.1, -0.05) is 97.7 Å². The summed E-state index contributed by atoms with van der Waals surface area (Å²) in [7, 11) is 0. The van der Waals surface area contributed by atoms with Gasteiger partial charge in [-0.3, -0.25) is 4.40 Å². The van der Waals surface area contributed by atoms with Gasteiger partial charge in [-0.25, -0.2) is 4.98 Å². The van der Waals surface area contributed by atoms with Crippen molar-refractivity contribution >= 4 is 27.5 Å². The second kappa shape index (κ2) is 9.03. The van der Waals surface area contributed by atoms with Gasteiger partial charge >= 0.3 is 0 Å². The van der Waals surface area contributed by atoms with E-state index in [1.54, 1.807) is 0 Å². The fourth-order valence-electron chi connectivity index (χ4n) is 3.04. The highest BCUT2D eigenvalue weighted by Crippen LogP contribution is 2.32. The first-order chi connectivity index (χ1) is 13.0. The molecule has 144 valence electrons. The van der Waals surface area contributed by atoms with Gasteiger partial charge in [0.1, 0.15) is 5.65 Å². The molecule has 0 unspecified atom stereocenters. The number of hydrogen-bond donors (Lipinski definition) is 0. The van der Waals surface area contributed by atoms with E-state index >= 15 is 0 Å². The summed E-state index contributed by atoms with van der Waals surface area (Å²) in [5.74, 6) is 0. The molecular formula is C25H34N2. The molecule has 2 aromatic carbocycles. The van der Waals surface area contributed by atoms with E-state index in [1.165, 1.54) is 34.8 Å². The van der Waals surface area contributed by atoms with E-state index < -0.39 is 0 Å². The number of unbranched alkanes of at least 4 members (excludes halogenated alkanes) is 1. The number of fused-ring (bicyclic) bond motifs is 5. The monoisotopic (exact) mass is 362 g/mol. The third kappa shape index (κ3) is 4.32. The Kier molecular flexibility index (Phi) is 7.01. The molecule has 0 aliphatic rings. The number of pyridine rings is 1. The summed E-state index contributed by atoms with van der Waals surface area (Å²) >= 11 is 0. The Morgan fingerprint density at radius 3 is 2.07 bits per heavy atom. The molecule has 0 N–H and O–H groups in total. The topological polar surface area (TPSA) is 17.3 Å². The first kappa shape index (κ1) is 21.0. The van der Waals surface area contributed by atoms with Gasteiger partial charge in [-0.15, -0.1) is 0 Å². The Bertz CT molecular complexity index is 1000. The van der Waals surface area contributed by atoms with Crippen molar-refractivity contribution in [3.05, 3.63) is 60.3 Å². The predicted molar refractivity (Wildman–Crippen MR) is 121 cm³/mol. The van der Waals surface area contributed by atoms with Crippen LogP contribution in [-0.4, -0.2) is 9.38 Å². The summed E-state index contributed by atoms with van der Waals surface area (Å²) in [4.78, 5) is 4.88. The molecule has 0 amide bonds. The summed E-state index contributed by atoms with van der Waals surface area (Å²) in [6.45, 7) is 15.1. The van der Waals surface area contributed by atoms with Crippen LogP contribution >= 0.6 is 0 Å². The highest BCUT2D eigenvalue weighted by molar-refractivity contribution is 5.98. The van der Waals surface area contributed by atoms with Gasteiger partial charge in [0.25, 0.3) is 0 Å². The number of aromatic nitrogens is 2. The maximum Gasteiger partial charge on any atom is 0.146 e. The lowest BCUT2D eigenvalue weighted by molar-refractivity contribution is 0.564. The minimum absolute atomic E-state index is 0.0613. The molecule has 0 spiro atoms. The lowest BCUT2D eigenvalue weighted by Crippen LogP contribution is -2.16. The predicted octanol–water partition coefficient (Wildman–Crippen LogP) is 7.77. The normalized spacial score (nSPS) is 11.1. The Morgan fingerprint density at radius 1 is 0.852 bits per heavy atom. The van der Waals surface area contributed by atoms with Crippen molar-refractivity contribution in [3.8, 4) is 0 Å². The van der Waals surface area contributed by atoms with Crippen LogP contribution in [0.5, 0.6) is 0 Å². The average Bonchev–Trinajstić information content (AvgIpc) is 3.08. The molecule has 0 radical (unpaired) electrons. The smallest absolute Gasteiger partial charge is 0.146 e. The van der Waals surface area contributed by atoms with Gasteiger partial charge < -0.3 is 0 Å². The average molecular weight is 363 g/mol. The van der Waals surface area contributed by atoms with Crippen LogP contribution in [0, 0.1) is 0 Å². The molecule has 2 heteroatoms. The summed E-state index contributed by atoms with van der Waals surface area (Å²) in [5, 5.41) is 2.46. The van der Waals surface area contributed by atoms with Crippen LogP contribution in [0.25, 0.3) is 27.5 Å². The molecule has 2 heterocycles. The van der Waals surface area contributed by atoms with Crippen molar-refractivity contribution in [1.82, 2.24) is 9.38 Å². The standard InChI is InChI=1S/C19H18N2.C4H10.C2H6/c1-19(2,3)17-12-13-8-4-5-9-14(13)18-20-15-10-6-7-11-16(15)21(17)18;1-3-4-2;1-2/h4-12H,1-3H3;3-4H2,1-2H3;1-2H3. The number of nitrogens with zero attached hydrogens (tertiary/aromatic N) is 2. The van der Waals surface area contributed by atoms with E-state index in [4.69, 9.17) is 4.98 Å². The number of hydrogen-bond acceptors (Lipinski definition) is 1. The van der Waals surface area contributed by atoms with Gasteiger partial charge in [-0.2, -0.15) is 0 Å². The third-order valence-electron chi connectivity index (χ3n) is 4.56. The summed E-state index contributed by atoms with van der Waals surface area (Å²) < 4.78 is 2.32. The van der Waals surface area contributed by atoms with Crippen LogP contribution in [0.3, 0.4) is 0 Å². The molecule has 0 atom stereocenters.